The summed E-state index contributed by atoms with van der Waals surface area (Å²) in [5.74, 6) is 0. The molecule has 0 saturated carbocycles. The summed E-state index contributed by atoms with van der Waals surface area (Å²) in [6.45, 7) is 9.33. The van der Waals surface area contributed by atoms with Crippen LogP contribution in [0.1, 0.15) is 66.2 Å². The molecule has 0 radical (unpaired) electrons. The Kier molecular flexibility index (Phi) is 7.25. The van der Waals surface area contributed by atoms with Gasteiger partial charge < -0.3 is 4.90 Å². The molecule has 0 aromatic carbocycles. The molecule has 0 heterocycles. The molecule has 0 N–H and O–H groups in total. The van der Waals surface area contributed by atoms with E-state index in [0.717, 1.165) is 6.04 Å². The van der Waals surface area contributed by atoms with E-state index in [0.29, 0.717) is 5.41 Å². The van der Waals surface area contributed by atoms with Crippen LogP contribution in [-0.4, -0.2) is 25.0 Å². The van der Waals surface area contributed by atoms with Crippen molar-refractivity contribution in [3.05, 3.63) is 0 Å². The Morgan fingerprint density at radius 1 is 0.933 bits per heavy atom. The third-order valence-electron chi connectivity index (χ3n) is 3.20. The van der Waals surface area contributed by atoms with Gasteiger partial charge in [-0.1, -0.05) is 59.8 Å². The normalized spacial score (nSPS) is 14.6. The van der Waals surface area contributed by atoms with E-state index in [1.165, 1.54) is 38.5 Å². The van der Waals surface area contributed by atoms with Crippen LogP contribution in [0.5, 0.6) is 0 Å². The zero-order valence-electron chi connectivity index (χ0n) is 11.8. The molecule has 0 aliphatic rings. The van der Waals surface area contributed by atoms with Crippen LogP contribution in [0.4, 0.5) is 0 Å². The molecule has 0 fully saturated rings. The molecule has 15 heavy (non-hydrogen) atoms. The van der Waals surface area contributed by atoms with Crippen LogP contribution in [0.25, 0.3) is 0 Å². The zero-order valence-corrected chi connectivity index (χ0v) is 11.8. The van der Waals surface area contributed by atoms with Crippen molar-refractivity contribution in [1.29, 1.82) is 0 Å². The van der Waals surface area contributed by atoms with Gasteiger partial charge in [0.25, 0.3) is 0 Å². The van der Waals surface area contributed by atoms with Gasteiger partial charge in [-0.15, -0.1) is 0 Å². The third-order valence-corrected chi connectivity index (χ3v) is 3.20. The molecule has 0 amide bonds. The van der Waals surface area contributed by atoms with Crippen molar-refractivity contribution in [3.63, 3.8) is 0 Å². The fourth-order valence-corrected chi connectivity index (χ4v) is 2.41. The molecule has 0 aromatic heterocycles. The first-order valence-corrected chi connectivity index (χ1v) is 6.56. The Hall–Kier alpha value is -0.0400. The predicted octanol–water partition coefficient (Wildman–Crippen LogP) is 4.32. The van der Waals surface area contributed by atoms with Crippen molar-refractivity contribution in [3.8, 4) is 0 Å². The number of unbranched alkanes of at least 4 members (excludes halogenated alkanes) is 4. The van der Waals surface area contributed by atoms with Crippen LogP contribution >= 0.6 is 0 Å². The smallest absolute Gasteiger partial charge is 0.0138 e. The molecule has 0 aromatic rings. The van der Waals surface area contributed by atoms with Crippen LogP contribution in [0, 0.1) is 5.41 Å². The molecule has 0 aliphatic carbocycles. The molecular weight excluding hydrogens is 182 g/mol. The number of rotatable bonds is 7. The molecule has 0 rings (SSSR count). The lowest BCUT2D eigenvalue weighted by Gasteiger charge is -2.36. The van der Waals surface area contributed by atoms with Crippen LogP contribution < -0.4 is 0 Å². The Balaban J connectivity index is 3.78. The third kappa shape index (κ3) is 6.94. The molecule has 92 valence electrons. The molecule has 1 atom stereocenters. The van der Waals surface area contributed by atoms with Crippen LogP contribution in [-0.2, 0) is 0 Å². The summed E-state index contributed by atoms with van der Waals surface area (Å²) in [6, 6.07) is 0.721. The second-order valence-electron chi connectivity index (χ2n) is 6.05. The zero-order chi connectivity index (χ0) is 11.9. The highest BCUT2D eigenvalue weighted by Gasteiger charge is 2.25. The quantitative estimate of drug-likeness (QED) is 0.569. The Bertz CT molecular complexity index is 144. The second-order valence-corrected chi connectivity index (χ2v) is 6.05. The summed E-state index contributed by atoms with van der Waals surface area (Å²) in [6.07, 6.45) is 8.31. The molecule has 0 saturated heterocycles. The minimum absolute atomic E-state index is 0.411. The molecule has 1 heteroatoms. The van der Waals surface area contributed by atoms with Gasteiger partial charge in [-0.2, -0.15) is 0 Å². The number of nitrogens with zero attached hydrogens (tertiary/aromatic N) is 1. The predicted molar refractivity (Wildman–Crippen MR) is 70.3 cm³/mol. The first-order chi connectivity index (χ1) is 6.89. The van der Waals surface area contributed by atoms with Crippen LogP contribution in [0.2, 0.25) is 0 Å². The average molecular weight is 213 g/mol. The minimum atomic E-state index is 0.411. The van der Waals surface area contributed by atoms with E-state index in [9.17, 15) is 0 Å². The highest BCUT2D eigenvalue weighted by Crippen LogP contribution is 2.27. The van der Waals surface area contributed by atoms with Crippen LogP contribution in [0.3, 0.4) is 0 Å². The molecular formula is C14H31N. The SMILES string of the molecule is CCCCCCCC(N(C)C)C(C)(C)C. The molecule has 0 bridgehead atoms. The number of hydrogen-bond donors (Lipinski definition) is 0. The fraction of sp³-hybridized carbons (Fsp3) is 1.00. The Morgan fingerprint density at radius 2 is 1.47 bits per heavy atom. The van der Waals surface area contributed by atoms with Crippen molar-refractivity contribution >= 4 is 0 Å². The topological polar surface area (TPSA) is 3.24 Å². The van der Waals surface area contributed by atoms with Crippen molar-refractivity contribution in [2.45, 2.75) is 72.3 Å². The number of hydrogen-bond acceptors (Lipinski definition) is 1. The van der Waals surface area contributed by atoms with Crippen molar-refractivity contribution in [1.82, 2.24) is 4.90 Å². The Morgan fingerprint density at radius 3 is 1.87 bits per heavy atom. The van der Waals surface area contributed by atoms with Gasteiger partial charge in [-0.3, -0.25) is 0 Å². The standard InChI is InChI=1S/C14H31N/c1-7-8-9-10-11-12-13(15(5)6)14(2,3)4/h13H,7-12H2,1-6H3. The summed E-state index contributed by atoms with van der Waals surface area (Å²) >= 11 is 0. The van der Waals surface area contributed by atoms with Crippen LogP contribution in [0.15, 0.2) is 0 Å². The highest BCUT2D eigenvalue weighted by molar-refractivity contribution is 4.79. The maximum absolute atomic E-state index is 2.39. The van der Waals surface area contributed by atoms with Gasteiger partial charge in [0.05, 0.1) is 0 Å². The van der Waals surface area contributed by atoms with E-state index in [2.05, 4.69) is 46.7 Å². The first-order valence-electron chi connectivity index (χ1n) is 6.56. The summed E-state index contributed by atoms with van der Waals surface area (Å²) in [4.78, 5) is 2.39. The highest BCUT2D eigenvalue weighted by atomic mass is 15.1. The molecule has 1 unspecified atom stereocenters. The second kappa shape index (κ2) is 7.27. The molecule has 0 aliphatic heterocycles. The van der Waals surface area contributed by atoms with E-state index in [4.69, 9.17) is 0 Å². The lowest BCUT2D eigenvalue weighted by Crippen LogP contribution is -2.39. The van der Waals surface area contributed by atoms with Crippen molar-refractivity contribution < 1.29 is 0 Å². The molecule has 0 spiro atoms. The summed E-state index contributed by atoms with van der Waals surface area (Å²) < 4.78 is 0. The van der Waals surface area contributed by atoms with Gasteiger partial charge in [-0.05, 0) is 25.9 Å². The van der Waals surface area contributed by atoms with E-state index < -0.39 is 0 Å². The summed E-state index contributed by atoms with van der Waals surface area (Å²) in [5, 5.41) is 0. The average Bonchev–Trinajstić information content (AvgIpc) is 2.08. The maximum Gasteiger partial charge on any atom is 0.0138 e. The maximum atomic E-state index is 2.39. The van der Waals surface area contributed by atoms with Gasteiger partial charge in [0, 0.05) is 6.04 Å². The lowest BCUT2D eigenvalue weighted by molar-refractivity contribution is 0.139. The van der Waals surface area contributed by atoms with E-state index in [1.807, 2.05) is 0 Å². The van der Waals surface area contributed by atoms with Gasteiger partial charge in [0.15, 0.2) is 0 Å². The molecule has 1 nitrogen and oxygen atoms in total. The van der Waals surface area contributed by atoms with E-state index in [-0.39, 0.29) is 0 Å². The minimum Gasteiger partial charge on any atom is -0.306 e. The monoisotopic (exact) mass is 213 g/mol. The van der Waals surface area contributed by atoms with Gasteiger partial charge in [-0.25, -0.2) is 0 Å². The fourth-order valence-electron chi connectivity index (χ4n) is 2.41. The van der Waals surface area contributed by atoms with Crippen molar-refractivity contribution in [2.24, 2.45) is 5.41 Å². The van der Waals surface area contributed by atoms with E-state index >= 15 is 0 Å². The largest absolute Gasteiger partial charge is 0.306 e. The summed E-state index contributed by atoms with van der Waals surface area (Å²) in [5.41, 5.74) is 0.411. The van der Waals surface area contributed by atoms with Gasteiger partial charge in [0.2, 0.25) is 0 Å². The van der Waals surface area contributed by atoms with E-state index in [1.54, 1.807) is 0 Å². The first kappa shape index (κ1) is 15.0. The summed E-state index contributed by atoms with van der Waals surface area (Å²) in [7, 11) is 4.42. The van der Waals surface area contributed by atoms with Crippen molar-refractivity contribution in [2.75, 3.05) is 14.1 Å². The van der Waals surface area contributed by atoms with Gasteiger partial charge >= 0.3 is 0 Å². The Labute approximate surface area is 97.2 Å². The van der Waals surface area contributed by atoms with Gasteiger partial charge in [0.1, 0.15) is 0 Å². The lowest BCUT2D eigenvalue weighted by atomic mass is 9.83.